The number of amides is 1. The van der Waals surface area contributed by atoms with E-state index in [2.05, 4.69) is 5.32 Å². The lowest BCUT2D eigenvalue weighted by atomic mass is 10.1. The number of benzene rings is 1. The molecule has 0 aliphatic heterocycles. The second kappa shape index (κ2) is 7.29. The Morgan fingerprint density at radius 1 is 1.25 bits per heavy atom. The zero-order chi connectivity index (χ0) is 15.2. The standard InChI is InChI=1S/C16H25NO3/c1-6-11-19-16(4,5)15(18)17-13-7-9-14(10-8-13)20-12(2)3/h7-10,12H,6,11H2,1-5H3,(H,17,18). The maximum atomic E-state index is 12.1. The average Bonchev–Trinajstić information content (AvgIpc) is 2.38. The summed E-state index contributed by atoms with van der Waals surface area (Å²) in [6.45, 7) is 10.1. The summed E-state index contributed by atoms with van der Waals surface area (Å²) in [6, 6.07) is 7.34. The van der Waals surface area contributed by atoms with Crippen LogP contribution in [0.4, 0.5) is 5.69 Å². The number of anilines is 1. The average molecular weight is 279 g/mol. The molecule has 0 saturated heterocycles. The highest BCUT2D eigenvalue weighted by Gasteiger charge is 2.28. The van der Waals surface area contributed by atoms with Crippen LogP contribution in [0.2, 0.25) is 0 Å². The Balaban J connectivity index is 2.61. The molecule has 0 aliphatic carbocycles. The van der Waals surface area contributed by atoms with Crippen molar-refractivity contribution in [3.63, 3.8) is 0 Å². The van der Waals surface area contributed by atoms with E-state index in [4.69, 9.17) is 9.47 Å². The lowest BCUT2D eigenvalue weighted by Crippen LogP contribution is -2.40. The van der Waals surface area contributed by atoms with Crippen LogP contribution in [0.25, 0.3) is 0 Å². The SMILES string of the molecule is CCCOC(C)(C)C(=O)Nc1ccc(OC(C)C)cc1. The molecule has 0 radical (unpaired) electrons. The summed E-state index contributed by atoms with van der Waals surface area (Å²) >= 11 is 0. The molecule has 1 N–H and O–H groups in total. The van der Waals surface area contributed by atoms with Crippen molar-refractivity contribution < 1.29 is 14.3 Å². The van der Waals surface area contributed by atoms with Gasteiger partial charge in [0, 0.05) is 12.3 Å². The van der Waals surface area contributed by atoms with Crippen LogP contribution in [0.1, 0.15) is 41.0 Å². The highest BCUT2D eigenvalue weighted by Crippen LogP contribution is 2.19. The van der Waals surface area contributed by atoms with E-state index >= 15 is 0 Å². The molecule has 20 heavy (non-hydrogen) atoms. The normalized spacial score (nSPS) is 11.5. The van der Waals surface area contributed by atoms with Crippen molar-refractivity contribution in [1.29, 1.82) is 0 Å². The molecule has 1 aromatic carbocycles. The van der Waals surface area contributed by atoms with E-state index in [-0.39, 0.29) is 12.0 Å². The summed E-state index contributed by atoms with van der Waals surface area (Å²) in [4.78, 5) is 12.1. The molecule has 4 nitrogen and oxygen atoms in total. The molecular formula is C16H25NO3. The van der Waals surface area contributed by atoms with Crippen LogP contribution in [0.15, 0.2) is 24.3 Å². The fraction of sp³-hybridized carbons (Fsp3) is 0.562. The lowest BCUT2D eigenvalue weighted by molar-refractivity contribution is -0.137. The maximum absolute atomic E-state index is 12.1. The van der Waals surface area contributed by atoms with Crippen LogP contribution < -0.4 is 10.1 Å². The van der Waals surface area contributed by atoms with Gasteiger partial charge in [0.15, 0.2) is 0 Å². The Bertz CT molecular complexity index is 424. The van der Waals surface area contributed by atoms with Gasteiger partial charge in [0.05, 0.1) is 6.10 Å². The van der Waals surface area contributed by atoms with Crippen molar-refractivity contribution in [2.24, 2.45) is 0 Å². The minimum absolute atomic E-state index is 0.136. The molecule has 0 bridgehead atoms. The highest BCUT2D eigenvalue weighted by atomic mass is 16.5. The van der Waals surface area contributed by atoms with Crippen molar-refractivity contribution in [1.82, 2.24) is 0 Å². The van der Waals surface area contributed by atoms with Gasteiger partial charge >= 0.3 is 0 Å². The third-order valence-electron chi connectivity index (χ3n) is 2.70. The van der Waals surface area contributed by atoms with Crippen molar-refractivity contribution >= 4 is 11.6 Å². The Morgan fingerprint density at radius 3 is 2.35 bits per heavy atom. The fourth-order valence-electron chi connectivity index (χ4n) is 1.59. The Morgan fingerprint density at radius 2 is 1.85 bits per heavy atom. The van der Waals surface area contributed by atoms with Gasteiger partial charge in [0.1, 0.15) is 11.4 Å². The van der Waals surface area contributed by atoms with Gasteiger partial charge in [-0.3, -0.25) is 4.79 Å². The molecule has 4 heteroatoms. The number of ether oxygens (including phenoxy) is 2. The molecule has 0 fully saturated rings. The highest BCUT2D eigenvalue weighted by molar-refractivity contribution is 5.96. The van der Waals surface area contributed by atoms with Crippen LogP contribution in [0.5, 0.6) is 5.75 Å². The molecule has 0 aromatic heterocycles. The Kier molecular flexibility index (Phi) is 6.02. The van der Waals surface area contributed by atoms with Gasteiger partial charge in [0.25, 0.3) is 5.91 Å². The number of hydrogen-bond donors (Lipinski definition) is 1. The lowest BCUT2D eigenvalue weighted by Gasteiger charge is -2.24. The van der Waals surface area contributed by atoms with E-state index in [1.165, 1.54) is 0 Å². The third kappa shape index (κ3) is 5.21. The van der Waals surface area contributed by atoms with Gasteiger partial charge in [-0.15, -0.1) is 0 Å². The molecule has 1 aromatic rings. The van der Waals surface area contributed by atoms with Gasteiger partial charge < -0.3 is 14.8 Å². The molecule has 1 rings (SSSR count). The van der Waals surface area contributed by atoms with Gasteiger partial charge in [-0.2, -0.15) is 0 Å². The molecule has 0 saturated carbocycles. The molecule has 0 heterocycles. The third-order valence-corrected chi connectivity index (χ3v) is 2.70. The number of hydrogen-bond acceptors (Lipinski definition) is 3. The number of rotatable bonds is 7. The summed E-state index contributed by atoms with van der Waals surface area (Å²) < 4.78 is 11.1. The second-order valence-corrected chi connectivity index (χ2v) is 5.50. The van der Waals surface area contributed by atoms with E-state index in [1.807, 2.05) is 45.0 Å². The quantitative estimate of drug-likeness (QED) is 0.829. The molecule has 0 aliphatic rings. The topological polar surface area (TPSA) is 47.6 Å². The van der Waals surface area contributed by atoms with Crippen molar-refractivity contribution in [3.05, 3.63) is 24.3 Å². The van der Waals surface area contributed by atoms with E-state index in [0.717, 1.165) is 17.9 Å². The minimum atomic E-state index is -0.830. The molecule has 1 amide bonds. The van der Waals surface area contributed by atoms with E-state index in [9.17, 15) is 4.79 Å². The smallest absolute Gasteiger partial charge is 0.256 e. The molecule has 0 atom stereocenters. The van der Waals surface area contributed by atoms with Crippen molar-refractivity contribution in [2.75, 3.05) is 11.9 Å². The predicted octanol–water partition coefficient (Wildman–Crippen LogP) is 3.62. The summed E-state index contributed by atoms with van der Waals surface area (Å²) in [5.74, 6) is 0.642. The van der Waals surface area contributed by atoms with Crippen LogP contribution in [-0.4, -0.2) is 24.2 Å². The Hall–Kier alpha value is -1.55. The minimum Gasteiger partial charge on any atom is -0.491 e. The molecule has 0 unspecified atom stereocenters. The largest absolute Gasteiger partial charge is 0.491 e. The first-order valence-electron chi connectivity index (χ1n) is 7.07. The van der Waals surface area contributed by atoms with Crippen molar-refractivity contribution in [3.8, 4) is 5.75 Å². The fourth-order valence-corrected chi connectivity index (χ4v) is 1.59. The van der Waals surface area contributed by atoms with Crippen LogP contribution in [0.3, 0.4) is 0 Å². The van der Waals surface area contributed by atoms with Gasteiger partial charge in [-0.1, -0.05) is 6.92 Å². The zero-order valence-corrected chi connectivity index (χ0v) is 13.0. The second-order valence-electron chi connectivity index (χ2n) is 5.50. The first-order valence-corrected chi connectivity index (χ1v) is 7.07. The van der Waals surface area contributed by atoms with Crippen LogP contribution in [-0.2, 0) is 9.53 Å². The Labute approximate surface area is 121 Å². The molecule has 0 spiro atoms. The number of carbonyl (C=O) groups excluding carboxylic acids is 1. The number of carbonyl (C=O) groups is 1. The van der Waals surface area contributed by atoms with Crippen molar-refractivity contribution in [2.45, 2.75) is 52.7 Å². The first kappa shape index (κ1) is 16.5. The number of nitrogens with one attached hydrogen (secondary N) is 1. The van der Waals surface area contributed by atoms with Crippen LogP contribution >= 0.6 is 0 Å². The van der Waals surface area contributed by atoms with Crippen LogP contribution in [0, 0.1) is 0 Å². The zero-order valence-electron chi connectivity index (χ0n) is 13.0. The molecular weight excluding hydrogens is 254 g/mol. The maximum Gasteiger partial charge on any atom is 0.256 e. The monoisotopic (exact) mass is 279 g/mol. The van der Waals surface area contributed by atoms with E-state index in [1.54, 1.807) is 13.8 Å². The summed E-state index contributed by atoms with van der Waals surface area (Å²) in [5, 5.41) is 2.85. The summed E-state index contributed by atoms with van der Waals surface area (Å²) in [6.07, 6.45) is 1.02. The molecule has 112 valence electrons. The summed E-state index contributed by atoms with van der Waals surface area (Å²) in [5.41, 5.74) is -0.0948. The summed E-state index contributed by atoms with van der Waals surface area (Å²) in [7, 11) is 0. The van der Waals surface area contributed by atoms with Gasteiger partial charge in [0.2, 0.25) is 0 Å². The predicted molar refractivity (Wildman–Crippen MR) is 81.2 cm³/mol. The van der Waals surface area contributed by atoms with E-state index < -0.39 is 5.60 Å². The first-order chi connectivity index (χ1) is 9.35. The van der Waals surface area contributed by atoms with E-state index in [0.29, 0.717) is 6.61 Å². The van der Waals surface area contributed by atoms with Gasteiger partial charge in [-0.25, -0.2) is 0 Å². The van der Waals surface area contributed by atoms with Gasteiger partial charge in [-0.05, 0) is 58.4 Å².